The normalized spacial score (nSPS) is 11.0. The minimum atomic E-state index is -0.575. The van der Waals surface area contributed by atoms with Gasteiger partial charge in [-0.2, -0.15) is 0 Å². The Morgan fingerprint density at radius 2 is 1.67 bits per heavy atom. The van der Waals surface area contributed by atoms with Gasteiger partial charge in [0.1, 0.15) is 29.2 Å². The zero-order chi connectivity index (χ0) is 22.1. The average molecular weight is 480 g/mol. The quantitative estimate of drug-likeness (QED) is 0.300. The number of nitrogens with zero attached hydrogens (tertiary/aromatic N) is 1. The Morgan fingerprint density at radius 3 is 2.30 bits per heavy atom. The van der Waals surface area contributed by atoms with Crippen molar-refractivity contribution >= 4 is 27.9 Å². The van der Waals surface area contributed by atoms with Crippen molar-refractivity contribution in [3.05, 3.63) is 52.3 Å². The summed E-state index contributed by atoms with van der Waals surface area (Å²) in [5.41, 5.74) is 0.648. The lowest BCUT2D eigenvalue weighted by molar-refractivity contribution is -0.154. The molecule has 0 aliphatic heterocycles. The van der Waals surface area contributed by atoms with Gasteiger partial charge in [-0.25, -0.2) is 9.78 Å². The highest BCUT2D eigenvalue weighted by Crippen LogP contribution is 2.21. The second-order valence-corrected chi connectivity index (χ2v) is 8.21. The second kappa shape index (κ2) is 11.0. The molecule has 0 atom stereocenters. The van der Waals surface area contributed by atoms with Crippen LogP contribution in [0.4, 0.5) is 0 Å². The molecule has 0 N–H and O–H groups in total. The van der Waals surface area contributed by atoms with Crippen LogP contribution in [0.15, 0.2) is 41.0 Å². The molecular formula is C22H26BrNO6. The van der Waals surface area contributed by atoms with E-state index in [1.165, 1.54) is 7.11 Å². The van der Waals surface area contributed by atoms with Crippen LogP contribution in [0.2, 0.25) is 0 Å². The van der Waals surface area contributed by atoms with Gasteiger partial charge in [0.2, 0.25) is 0 Å². The van der Waals surface area contributed by atoms with Crippen LogP contribution < -0.4 is 9.47 Å². The van der Waals surface area contributed by atoms with Crippen LogP contribution in [0.1, 0.15) is 43.2 Å². The van der Waals surface area contributed by atoms with E-state index in [2.05, 4.69) is 20.9 Å². The number of ether oxygens (including phenoxy) is 4. The van der Waals surface area contributed by atoms with E-state index >= 15 is 0 Å². The first-order chi connectivity index (χ1) is 14.2. The van der Waals surface area contributed by atoms with Gasteiger partial charge >= 0.3 is 11.9 Å². The molecule has 0 fully saturated rings. The van der Waals surface area contributed by atoms with Gasteiger partial charge in [0.25, 0.3) is 0 Å². The SMILES string of the molecule is COC(=O)c1nc(Br)ccc1OCCOc1ccc(CCC(=O)OC(C)(C)C)cc1. The van der Waals surface area contributed by atoms with E-state index in [-0.39, 0.29) is 24.9 Å². The predicted octanol–water partition coefficient (Wildman–Crippen LogP) is 4.36. The van der Waals surface area contributed by atoms with Crippen LogP contribution >= 0.6 is 15.9 Å². The van der Waals surface area contributed by atoms with E-state index in [0.717, 1.165) is 5.56 Å². The van der Waals surface area contributed by atoms with Crippen molar-refractivity contribution in [2.45, 2.75) is 39.2 Å². The van der Waals surface area contributed by atoms with Crippen molar-refractivity contribution < 1.29 is 28.5 Å². The summed E-state index contributed by atoms with van der Waals surface area (Å²) >= 11 is 3.22. The number of rotatable bonds is 9. The summed E-state index contributed by atoms with van der Waals surface area (Å²) < 4.78 is 21.8. The first-order valence-electron chi connectivity index (χ1n) is 9.49. The largest absolute Gasteiger partial charge is 0.490 e. The molecule has 2 rings (SSSR count). The van der Waals surface area contributed by atoms with Crippen molar-refractivity contribution in [3.8, 4) is 11.5 Å². The number of aromatic nitrogens is 1. The van der Waals surface area contributed by atoms with Gasteiger partial charge in [-0.05, 0) is 73.0 Å². The van der Waals surface area contributed by atoms with E-state index in [9.17, 15) is 9.59 Å². The lowest BCUT2D eigenvalue weighted by Crippen LogP contribution is -2.23. The third kappa shape index (κ3) is 8.02. The van der Waals surface area contributed by atoms with E-state index in [4.69, 9.17) is 18.9 Å². The lowest BCUT2D eigenvalue weighted by atomic mass is 10.1. The molecule has 8 heteroatoms. The fourth-order valence-electron chi connectivity index (χ4n) is 2.48. The summed E-state index contributed by atoms with van der Waals surface area (Å²) in [5, 5.41) is 0. The summed E-state index contributed by atoms with van der Waals surface area (Å²) in [5.74, 6) is 0.218. The Labute approximate surface area is 184 Å². The highest BCUT2D eigenvalue weighted by molar-refractivity contribution is 9.10. The van der Waals surface area contributed by atoms with Crippen molar-refractivity contribution in [1.82, 2.24) is 4.98 Å². The number of hydrogen-bond acceptors (Lipinski definition) is 7. The van der Waals surface area contributed by atoms with Crippen molar-refractivity contribution in [2.24, 2.45) is 0 Å². The van der Waals surface area contributed by atoms with Crippen LogP contribution in [-0.2, 0) is 20.7 Å². The molecule has 2 aromatic rings. The summed E-state index contributed by atoms with van der Waals surface area (Å²) in [6, 6.07) is 10.8. The van der Waals surface area contributed by atoms with Gasteiger partial charge in [-0.1, -0.05) is 12.1 Å². The number of carbonyl (C=O) groups excluding carboxylic acids is 2. The van der Waals surface area contributed by atoms with Crippen LogP contribution in [-0.4, -0.2) is 42.8 Å². The molecule has 0 spiro atoms. The Morgan fingerprint density at radius 1 is 1.00 bits per heavy atom. The molecule has 1 heterocycles. The molecule has 0 unspecified atom stereocenters. The Bertz CT molecular complexity index is 861. The summed E-state index contributed by atoms with van der Waals surface area (Å²) in [6.07, 6.45) is 0.931. The maximum Gasteiger partial charge on any atom is 0.360 e. The number of benzene rings is 1. The standard InChI is InChI=1S/C22H26BrNO6/c1-22(2,3)30-19(25)12-7-15-5-8-16(9-6-15)28-13-14-29-17-10-11-18(23)24-20(17)21(26)27-4/h5-6,8-11H,7,12-14H2,1-4H3. The lowest BCUT2D eigenvalue weighted by Gasteiger charge is -2.19. The van der Waals surface area contributed by atoms with Crippen LogP contribution in [0, 0.1) is 0 Å². The molecule has 0 aliphatic rings. The summed E-state index contributed by atoms with van der Waals surface area (Å²) in [4.78, 5) is 27.7. The first-order valence-corrected chi connectivity index (χ1v) is 10.3. The molecule has 0 bridgehead atoms. The first kappa shape index (κ1) is 23.7. The minimum Gasteiger partial charge on any atom is -0.490 e. The smallest absolute Gasteiger partial charge is 0.360 e. The van der Waals surface area contributed by atoms with Gasteiger partial charge in [-0.3, -0.25) is 4.79 Å². The Balaban J connectivity index is 1.79. The Kier molecular flexibility index (Phi) is 8.65. The molecule has 0 aliphatic carbocycles. The highest BCUT2D eigenvalue weighted by atomic mass is 79.9. The van der Waals surface area contributed by atoms with Gasteiger partial charge in [-0.15, -0.1) is 0 Å². The number of hydrogen-bond donors (Lipinski definition) is 0. The predicted molar refractivity (Wildman–Crippen MR) is 115 cm³/mol. The molecule has 0 amide bonds. The third-order valence-corrected chi connectivity index (χ3v) is 4.22. The van der Waals surface area contributed by atoms with Crippen molar-refractivity contribution in [1.29, 1.82) is 0 Å². The molecule has 1 aromatic carbocycles. The fourth-order valence-corrected chi connectivity index (χ4v) is 2.79. The van der Waals surface area contributed by atoms with Gasteiger partial charge in [0, 0.05) is 6.42 Å². The second-order valence-electron chi connectivity index (χ2n) is 7.40. The van der Waals surface area contributed by atoms with E-state index in [0.29, 0.717) is 28.9 Å². The van der Waals surface area contributed by atoms with Crippen molar-refractivity contribution in [2.75, 3.05) is 20.3 Å². The van der Waals surface area contributed by atoms with E-state index in [1.807, 2.05) is 45.0 Å². The molecular weight excluding hydrogens is 454 g/mol. The average Bonchev–Trinajstić information content (AvgIpc) is 2.69. The molecule has 30 heavy (non-hydrogen) atoms. The fraction of sp³-hybridized carbons (Fsp3) is 0.409. The summed E-state index contributed by atoms with van der Waals surface area (Å²) in [6.45, 7) is 6.07. The molecule has 0 saturated carbocycles. The third-order valence-electron chi connectivity index (χ3n) is 3.77. The number of pyridine rings is 1. The maximum absolute atomic E-state index is 11.8. The highest BCUT2D eigenvalue weighted by Gasteiger charge is 2.16. The Hall–Kier alpha value is -2.61. The van der Waals surface area contributed by atoms with Gasteiger partial charge in [0.05, 0.1) is 7.11 Å². The molecule has 0 radical (unpaired) electrons. The number of halogens is 1. The molecule has 0 saturated heterocycles. The zero-order valence-corrected chi connectivity index (χ0v) is 19.2. The number of esters is 2. The topological polar surface area (TPSA) is 84.0 Å². The molecule has 7 nitrogen and oxygen atoms in total. The maximum atomic E-state index is 11.8. The van der Waals surface area contributed by atoms with Gasteiger partial charge in [0.15, 0.2) is 11.4 Å². The number of methoxy groups -OCH3 is 1. The van der Waals surface area contributed by atoms with Gasteiger partial charge < -0.3 is 18.9 Å². The van der Waals surface area contributed by atoms with Crippen LogP contribution in [0.25, 0.3) is 0 Å². The number of carbonyl (C=O) groups is 2. The molecule has 162 valence electrons. The van der Waals surface area contributed by atoms with E-state index in [1.54, 1.807) is 12.1 Å². The zero-order valence-electron chi connectivity index (χ0n) is 17.6. The monoisotopic (exact) mass is 479 g/mol. The number of aryl methyl sites for hydroxylation is 1. The van der Waals surface area contributed by atoms with E-state index < -0.39 is 11.6 Å². The minimum absolute atomic E-state index is 0.0983. The van der Waals surface area contributed by atoms with Crippen molar-refractivity contribution in [3.63, 3.8) is 0 Å². The summed E-state index contributed by atoms with van der Waals surface area (Å²) in [7, 11) is 1.29. The van der Waals surface area contributed by atoms with Crippen LogP contribution in [0.3, 0.4) is 0 Å². The molecule has 1 aromatic heterocycles. The van der Waals surface area contributed by atoms with Crippen LogP contribution in [0.5, 0.6) is 11.5 Å².